The molecular weight excluding hydrogens is 188 g/mol. The molecule has 1 saturated heterocycles. The lowest BCUT2D eigenvalue weighted by atomic mass is 9.98. The largest absolute Gasteiger partial charge is 0.355 e. The van der Waals surface area contributed by atoms with Crippen molar-refractivity contribution in [2.75, 3.05) is 6.54 Å². The Morgan fingerprint density at radius 3 is 2.79 bits per heavy atom. The van der Waals surface area contributed by atoms with Gasteiger partial charge in [0.1, 0.15) is 0 Å². The number of amides is 1. The SMILES string of the molecule is O=C1CC(c2cccc(F)c2F)CN1. The summed E-state index contributed by atoms with van der Waals surface area (Å²) >= 11 is 0. The fourth-order valence-corrected chi connectivity index (χ4v) is 1.66. The van der Waals surface area contributed by atoms with Crippen molar-refractivity contribution in [1.82, 2.24) is 5.32 Å². The second kappa shape index (κ2) is 3.36. The average Bonchev–Trinajstić information content (AvgIpc) is 2.57. The maximum absolute atomic E-state index is 13.3. The summed E-state index contributed by atoms with van der Waals surface area (Å²) in [5, 5.41) is 2.59. The van der Waals surface area contributed by atoms with Gasteiger partial charge in [0.15, 0.2) is 11.6 Å². The maximum atomic E-state index is 13.3. The number of carbonyl (C=O) groups excluding carboxylic acids is 1. The highest BCUT2D eigenvalue weighted by Gasteiger charge is 2.26. The lowest BCUT2D eigenvalue weighted by molar-refractivity contribution is -0.119. The molecule has 0 radical (unpaired) electrons. The van der Waals surface area contributed by atoms with E-state index in [2.05, 4.69) is 5.32 Å². The van der Waals surface area contributed by atoms with Crippen LogP contribution < -0.4 is 5.32 Å². The fraction of sp³-hybridized carbons (Fsp3) is 0.300. The van der Waals surface area contributed by atoms with Crippen LogP contribution in [-0.2, 0) is 4.79 Å². The summed E-state index contributed by atoms with van der Waals surface area (Å²) < 4.78 is 26.1. The number of benzene rings is 1. The number of carbonyl (C=O) groups is 1. The van der Waals surface area contributed by atoms with Crippen molar-refractivity contribution >= 4 is 5.91 Å². The molecule has 1 aliphatic heterocycles. The van der Waals surface area contributed by atoms with Gasteiger partial charge in [-0.2, -0.15) is 0 Å². The minimum atomic E-state index is -0.859. The van der Waals surface area contributed by atoms with Crippen molar-refractivity contribution in [2.24, 2.45) is 0 Å². The van der Waals surface area contributed by atoms with Gasteiger partial charge >= 0.3 is 0 Å². The average molecular weight is 197 g/mol. The molecule has 1 aromatic rings. The third-order valence-electron chi connectivity index (χ3n) is 2.40. The molecule has 0 bridgehead atoms. The standard InChI is InChI=1S/C10H9F2NO/c11-8-3-1-2-7(10(8)12)6-4-9(14)13-5-6/h1-3,6H,4-5H2,(H,13,14). The van der Waals surface area contributed by atoms with Crippen molar-refractivity contribution in [3.63, 3.8) is 0 Å². The number of hydrogen-bond donors (Lipinski definition) is 1. The summed E-state index contributed by atoms with van der Waals surface area (Å²) in [6.07, 6.45) is 0.236. The number of halogens is 2. The van der Waals surface area contributed by atoms with E-state index in [1.165, 1.54) is 12.1 Å². The van der Waals surface area contributed by atoms with Crippen molar-refractivity contribution in [2.45, 2.75) is 12.3 Å². The second-order valence-electron chi connectivity index (χ2n) is 3.35. The van der Waals surface area contributed by atoms with Crippen LogP contribution in [0.3, 0.4) is 0 Å². The van der Waals surface area contributed by atoms with Crippen LogP contribution in [0.4, 0.5) is 8.78 Å². The van der Waals surface area contributed by atoms with E-state index < -0.39 is 11.6 Å². The van der Waals surface area contributed by atoms with Gasteiger partial charge in [-0.1, -0.05) is 12.1 Å². The Kier molecular flexibility index (Phi) is 2.19. The van der Waals surface area contributed by atoms with Gasteiger partial charge in [-0.3, -0.25) is 4.79 Å². The van der Waals surface area contributed by atoms with E-state index in [0.29, 0.717) is 6.54 Å². The van der Waals surface area contributed by atoms with Crippen molar-refractivity contribution in [3.05, 3.63) is 35.4 Å². The first-order valence-corrected chi connectivity index (χ1v) is 4.39. The molecule has 1 unspecified atom stereocenters. The van der Waals surface area contributed by atoms with Gasteiger partial charge in [0.05, 0.1) is 0 Å². The predicted octanol–water partition coefficient (Wildman–Crippen LogP) is 1.57. The van der Waals surface area contributed by atoms with Crippen LogP contribution in [0.5, 0.6) is 0 Å². The molecule has 0 saturated carbocycles. The molecule has 0 aromatic heterocycles. The minimum Gasteiger partial charge on any atom is -0.355 e. The number of hydrogen-bond acceptors (Lipinski definition) is 1. The molecule has 0 aliphatic carbocycles. The molecule has 1 amide bonds. The van der Waals surface area contributed by atoms with Gasteiger partial charge in [0, 0.05) is 18.9 Å². The summed E-state index contributed by atoms with van der Waals surface area (Å²) in [5.41, 5.74) is 0.281. The third kappa shape index (κ3) is 1.47. The predicted molar refractivity (Wildman–Crippen MR) is 46.7 cm³/mol. The summed E-state index contributed by atoms with van der Waals surface area (Å²) in [6.45, 7) is 0.388. The molecule has 74 valence electrons. The fourth-order valence-electron chi connectivity index (χ4n) is 1.66. The van der Waals surface area contributed by atoms with Crippen LogP contribution in [0.1, 0.15) is 17.9 Å². The van der Waals surface area contributed by atoms with Gasteiger partial charge < -0.3 is 5.32 Å². The van der Waals surface area contributed by atoms with E-state index in [9.17, 15) is 13.6 Å². The Morgan fingerprint density at radius 1 is 1.36 bits per heavy atom. The first kappa shape index (κ1) is 9.12. The minimum absolute atomic E-state index is 0.112. The Morgan fingerprint density at radius 2 is 2.14 bits per heavy atom. The van der Waals surface area contributed by atoms with Crippen molar-refractivity contribution < 1.29 is 13.6 Å². The Bertz CT molecular complexity index is 378. The summed E-state index contributed by atoms with van der Waals surface area (Å²) in [7, 11) is 0. The highest BCUT2D eigenvalue weighted by atomic mass is 19.2. The van der Waals surface area contributed by atoms with E-state index in [4.69, 9.17) is 0 Å². The topological polar surface area (TPSA) is 29.1 Å². The van der Waals surface area contributed by atoms with Crippen molar-refractivity contribution in [3.8, 4) is 0 Å². The monoisotopic (exact) mass is 197 g/mol. The molecule has 1 atom stereocenters. The molecule has 1 N–H and O–H groups in total. The highest BCUT2D eigenvalue weighted by molar-refractivity contribution is 5.79. The quantitative estimate of drug-likeness (QED) is 0.727. The van der Waals surface area contributed by atoms with Crippen LogP contribution in [0.2, 0.25) is 0 Å². The Balaban J connectivity index is 2.32. The first-order chi connectivity index (χ1) is 6.68. The van der Waals surface area contributed by atoms with E-state index in [-0.39, 0.29) is 23.8 Å². The third-order valence-corrected chi connectivity index (χ3v) is 2.40. The zero-order valence-electron chi connectivity index (χ0n) is 7.39. The van der Waals surface area contributed by atoms with Crippen molar-refractivity contribution in [1.29, 1.82) is 0 Å². The normalized spacial score (nSPS) is 21.0. The summed E-state index contributed by atoms with van der Waals surface area (Å²) in [4.78, 5) is 10.9. The van der Waals surface area contributed by atoms with Crippen LogP contribution in [0.15, 0.2) is 18.2 Å². The van der Waals surface area contributed by atoms with E-state index in [1.54, 1.807) is 0 Å². The van der Waals surface area contributed by atoms with Gasteiger partial charge in [-0.25, -0.2) is 8.78 Å². The highest BCUT2D eigenvalue weighted by Crippen LogP contribution is 2.26. The Hall–Kier alpha value is -1.45. The van der Waals surface area contributed by atoms with E-state index >= 15 is 0 Å². The first-order valence-electron chi connectivity index (χ1n) is 4.39. The summed E-state index contributed by atoms with van der Waals surface area (Å²) in [6, 6.07) is 4.04. The molecule has 1 fully saturated rings. The second-order valence-corrected chi connectivity index (χ2v) is 3.35. The lowest BCUT2D eigenvalue weighted by Gasteiger charge is -2.08. The van der Waals surface area contributed by atoms with Crippen LogP contribution in [0.25, 0.3) is 0 Å². The van der Waals surface area contributed by atoms with E-state index in [0.717, 1.165) is 6.07 Å². The number of rotatable bonds is 1. The molecule has 14 heavy (non-hydrogen) atoms. The van der Waals surface area contributed by atoms with E-state index in [1.807, 2.05) is 0 Å². The molecule has 1 aliphatic rings. The van der Waals surface area contributed by atoms with Crippen LogP contribution in [-0.4, -0.2) is 12.5 Å². The van der Waals surface area contributed by atoms with Gasteiger partial charge in [0.2, 0.25) is 5.91 Å². The van der Waals surface area contributed by atoms with Crippen LogP contribution >= 0.6 is 0 Å². The summed E-state index contributed by atoms with van der Waals surface area (Å²) in [5.74, 6) is -2.05. The number of nitrogens with one attached hydrogen (secondary N) is 1. The zero-order valence-corrected chi connectivity index (χ0v) is 7.39. The zero-order chi connectivity index (χ0) is 10.1. The van der Waals surface area contributed by atoms with Crippen LogP contribution in [0, 0.1) is 11.6 Å². The molecule has 0 spiro atoms. The smallest absolute Gasteiger partial charge is 0.220 e. The molecule has 1 aromatic carbocycles. The maximum Gasteiger partial charge on any atom is 0.220 e. The van der Waals surface area contributed by atoms with Gasteiger partial charge in [-0.15, -0.1) is 0 Å². The molecule has 4 heteroatoms. The van der Waals surface area contributed by atoms with Gasteiger partial charge in [-0.05, 0) is 11.6 Å². The molecular formula is C10H9F2NO. The Labute approximate surface area is 79.9 Å². The molecule has 1 heterocycles. The van der Waals surface area contributed by atoms with Gasteiger partial charge in [0.25, 0.3) is 0 Å². The lowest BCUT2D eigenvalue weighted by Crippen LogP contribution is -2.13. The molecule has 2 rings (SSSR count). The molecule has 2 nitrogen and oxygen atoms in total.